The van der Waals surface area contributed by atoms with E-state index in [2.05, 4.69) is 10.2 Å². The van der Waals surface area contributed by atoms with Crippen LogP contribution in [0.15, 0.2) is 91.0 Å². The largest absolute Gasteiger partial charge is 0.207 e. The Labute approximate surface area is 145 Å². The van der Waals surface area contributed by atoms with Crippen LogP contribution in [0.5, 0.6) is 0 Å². The molecule has 4 rings (SSSR count). The van der Waals surface area contributed by atoms with E-state index in [-0.39, 0.29) is 5.82 Å². The smallest absolute Gasteiger partial charge is 0.123 e. The summed E-state index contributed by atoms with van der Waals surface area (Å²) in [6.45, 7) is 0. The third-order valence-corrected chi connectivity index (χ3v) is 4.07. The van der Waals surface area contributed by atoms with Crippen LogP contribution in [0.1, 0.15) is 0 Å². The van der Waals surface area contributed by atoms with Crippen LogP contribution in [0.25, 0.3) is 33.6 Å². The van der Waals surface area contributed by atoms with Gasteiger partial charge in [0.1, 0.15) is 11.5 Å². The third-order valence-electron chi connectivity index (χ3n) is 4.07. The second kappa shape index (κ2) is 6.65. The summed E-state index contributed by atoms with van der Waals surface area (Å²) in [5.41, 5.74) is 5.39. The molecule has 0 bridgehead atoms. The Hall–Kier alpha value is -3.33. The van der Waals surface area contributed by atoms with E-state index in [1.807, 2.05) is 66.7 Å². The predicted octanol–water partition coefficient (Wildman–Crippen LogP) is 5.62. The highest BCUT2D eigenvalue weighted by Gasteiger charge is 2.12. The Kier molecular flexibility index (Phi) is 4.05. The van der Waals surface area contributed by atoms with Crippen molar-refractivity contribution in [3.63, 3.8) is 0 Å². The average molecular weight is 326 g/mol. The van der Waals surface area contributed by atoms with Gasteiger partial charge >= 0.3 is 0 Å². The SMILES string of the molecule is Fc1ccc(-c2cc(-c3ccccc3)nnc2-c2ccccc2)cc1. The monoisotopic (exact) mass is 326 g/mol. The number of benzene rings is 3. The minimum absolute atomic E-state index is 0.254. The molecule has 120 valence electrons. The lowest BCUT2D eigenvalue weighted by atomic mass is 9.98. The highest BCUT2D eigenvalue weighted by atomic mass is 19.1. The van der Waals surface area contributed by atoms with Crippen LogP contribution in [0, 0.1) is 5.82 Å². The van der Waals surface area contributed by atoms with Crippen LogP contribution in [0.2, 0.25) is 0 Å². The second-order valence-electron chi connectivity index (χ2n) is 5.73. The molecule has 0 aliphatic carbocycles. The van der Waals surface area contributed by atoms with E-state index in [0.717, 1.165) is 33.6 Å². The minimum Gasteiger partial charge on any atom is -0.207 e. The quantitative estimate of drug-likeness (QED) is 0.488. The summed E-state index contributed by atoms with van der Waals surface area (Å²) in [4.78, 5) is 0. The van der Waals surface area contributed by atoms with E-state index in [4.69, 9.17) is 0 Å². The fourth-order valence-corrected chi connectivity index (χ4v) is 2.80. The summed E-state index contributed by atoms with van der Waals surface area (Å²) >= 11 is 0. The summed E-state index contributed by atoms with van der Waals surface area (Å²) < 4.78 is 13.3. The van der Waals surface area contributed by atoms with E-state index in [0.29, 0.717) is 0 Å². The topological polar surface area (TPSA) is 25.8 Å². The van der Waals surface area contributed by atoms with Crippen LogP contribution >= 0.6 is 0 Å². The molecule has 0 saturated carbocycles. The van der Waals surface area contributed by atoms with Gasteiger partial charge in [-0.3, -0.25) is 0 Å². The highest BCUT2D eigenvalue weighted by Crippen LogP contribution is 2.32. The van der Waals surface area contributed by atoms with E-state index in [1.165, 1.54) is 12.1 Å². The molecule has 0 spiro atoms. The van der Waals surface area contributed by atoms with E-state index < -0.39 is 0 Å². The Morgan fingerprint density at radius 2 is 1.16 bits per heavy atom. The summed E-state index contributed by atoms with van der Waals surface area (Å²) in [6, 6.07) is 28.3. The van der Waals surface area contributed by atoms with Crippen molar-refractivity contribution in [3.8, 4) is 33.6 Å². The number of hydrogen-bond acceptors (Lipinski definition) is 2. The molecular formula is C22H15FN2. The van der Waals surface area contributed by atoms with Gasteiger partial charge in [-0.15, -0.1) is 10.2 Å². The zero-order chi connectivity index (χ0) is 17.1. The van der Waals surface area contributed by atoms with Crippen molar-refractivity contribution in [1.29, 1.82) is 0 Å². The molecule has 1 heterocycles. The van der Waals surface area contributed by atoms with Gasteiger partial charge in [-0.1, -0.05) is 72.8 Å². The van der Waals surface area contributed by atoms with Crippen LogP contribution in [0.4, 0.5) is 4.39 Å². The molecule has 0 aliphatic rings. The number of aromatic nitrogens is 2. The van der Waals surface area contributed by atoms with Crippen molar-refractivity contribution in [2.24, 2.45) is 0 Å². The van der Waals surface area contributed by atoms with E-state index in [9.17, 15) is 4.39 Å². The zero-order valence-electron chi connectivity index (χ0n) is 13.4. The van der Waals surface area contributed by atoms with Crippen LogP contribution in [-0.4, -0.2) is 10.2 Å². The van der Waals surface area contributed by atoms with Crippen molar-refractivity contribution < 1.29 is 4.39 Å². The first-order valence-electron chi connectivity index (χ1n) is 8.06. The molecule has 1 aromatic heterocycles. The van der Waals surface area contributed by atoms with Gasteiger partial charge in [0.15, 0.2) is 0 Å². The molecule has 3 aromatic carbocycles. The second-order valence-corrected chi connectivity index (χ2v) is 5.73. The fraction of sp³-hybridized carbons (Fsp3) is 0. The average Bonchev–Trinajstić information content (AvgIpc) is 2.69. The van der Waals surface area contributed by atoms with Crippen molar-refractivity contribution in [1.82, 2.24) is 10.2 Å². The summed E-state index contributed by atoms with van der Waals surface area (Å²) in [6.07, 6.45) is 0. The summed E-state index contributed by atoms with van der Waals surface area (Å²) in [7, 11) is 0. The minimum atomic E-state index is -0.254. The lowest BCUT2D eigenvalue weighted by Crippen LogP contribution is -1.95. The number of hydrogen-bond donors (Lipinski definition) is 0. The maximum Gasteiger partial charge on any atom is 0.123 e. The Morgan fingerprint density at radius 3 is 1.80 bits per heavy atom. The number of rotatable bonds is 3. The molecule has 4 aromatic rings. The number of nitrogens with zero attached hydrogens (tertiary/aromatic N) is 2. The third kappa shape index (κ3) is 3.17. The summed E-state index contributed by atoms with van der Waals surface area (Å²) in [5, 5.41) is 8.89. The van der Waals surface area contributed by atoms with Crippen molar-refractivity contribution in [2.45, 2.75) is 0 Å². The zero-order valence-corrected chi connectivity index (χ0v) is 13.4. The molecule has 0 fully saturated rings. The van der Waals surface area contributed by atoms with Gasteiger partial charge in [0.25, 0.3) is 0 Å². The Bertz CT molecular complexity index is 981. The maximum absolute atomic E-state index is 13.3. The molecular weight excluding hydrogens is 311 g/mol. The normalized spacial score (nSPS) is 10.6. The van der Waals surface area contributed by atoms with Crippen LogP contribution in [0.3, 0.4) is 0 Å². The molecule has 0 saturated heterocycles. The van der Waals surface area contributed by atoms with Crippen molar-refractivity contribution in [2.75, 3.05) is 0 Å². The molecule has 3 heteroatoms. The lowest BCUT2D eigenvalue weighted by Gasteiger charge is -2.11. The van der Waals surface area contributed by atoms with Crippen LogP contribution < -0.4 is 0 Å². The van der Waals surface area contributed by atoms with Crippen LogP contribution in [-0.2, 0) is 0 Å². The molecule has 0 N–H and O–H groups in total. The molecule has 0 radical (unpaired) electrons. The predicted molar refractivity (Wildman–Crippen MR) is 98.3 cm³/mol. The fourth-order valence-electron chi connectivity index (χ4n) is 2.80. The van der Waals surface area contributed by atoms with E-state index in [1.54, 1.807) is 12.1 Å². The number of halogens is 1. The van der Waals surface area contributed by atoms with Gasteiger partial charge in [0.2, 0.25) is 0 Å². The Balaban J connectivity index is 1.91. The van der Waals surface area contributed by atoms with Crippen molar-refractivity contribution in [3.05, 3.63) is 96.8 Å². The molecule has 0 unspecified atom stereocenters. The Morgan fingerprint density at radius 1 is 0.560 bits per heavy atom. The molecule has 2 nitrogen and oxygen atoms in total. The lowest BCUT2D eigenvalue weighted by molar-refractivity contribution is 0.628. The van der Waals surface area contributed by atoms with Gasteiger partial charge in [-0.2, -0.15) is 0 Å². The van der Waals surface area contributed by atoms with Gasteiger partial charge in [-0.05, 0) is 23.8 Å². The van der Waals surface area contributed by atoms with Gasteiger partial charge in [-0.25, -0.2) is 4.39 Å². The first kappa shape index (κ1) is 15.2. The van der Waals surface area contributed by atoms with Crippen molar-refractivity contribution >= 4 is 0 Å². The molecule has 0 atom stereocenters. The molecule has 0 aliphatic heterocycles. The molecule has 0 amide bonds. The maximum atomic E-state index is 13.3. The molecule has 25 heavy (non-hydrogen) atoms. The standard InChI is InChI=1S/C22H15FN2/c23-19-13-11-16(12-14-19)20-15-21(17-7-3-1-4-8-17)24-25-22(20)18-9-5-2-6-10-18/h1-15H. The highest BCUT2D eigenvalue weighted by molar-refractivity contribution is 5.82. The first-order chi connectivity index (χ1) is 12.3. The van der Waals surface area contributed by atoms with Gasteiger partial charge < -0.3 is 0 Å². The van der Waals surface area contributed by atoms with Gasteiger partial charge in [0, 0.05) is 16.7 Å². The first-order valence-corrected chi connectivity index (χ1v) is 8.06. The van der Waals surface area contributed by atoms with Gasteiger partial charge in [0.05, 0.1) is 5.69 Å². The summed E-state index contributed by atoms with van der Waals surface area (Å²) in [5.74, 6) is -0.254. The van der Waals surface area contributed by atoms with E-state index >= 15 is 0 Å².